The fourth-order valence-corrected chi connectivity index (χ4v) is 12.4. The molecule has 0 aromatic carbocycles. The average Bonchev–Trinajstić information content (AvgIpc) is 2.18. The van der Waals surface area contributed by atoms with E-state index < -0.39 is 91.5 Å². The van der Waals surface area contributed by atoms with Crippen molar-refractivity contribution in [1.82, 2.24) is 0 Å². The molecule has 0 bridgehead atoms. The third kappa shape index (κ3) is 72.3. The molecule has 0 rings (SSSR count). The lowest BCUT2D eigenvalue weighted by Gasteiger charge is -2.21. The van der Waals surface area contributed by atoms with E-state index in [4.69, 9.17) is 32.3 Å². The standard InChI is InChI=1S/C77H142O16P2/c1-4-7-10-13-16-19-22-25-26-27-28-29-30-31-32-33-34-35-36-37-38-39-40-41-42-43-44-47-49-51-54-57-60-63-75(80)87-66-72(78)67-89-94(83,84)90-68-73(79)69-91-95(85,86)92-71-74(93-77(82)65-62-59-56-53-50-46-24-21-18-15-12-9-6-3)70-88-76(81)64-61-58-55-52-48-45-23-20-17-14-11-8-5-2/h16,19-20,23,25-26,28-29,31-32,72-74,78-79H,4-15,17-18,21-22,24,27,30,33-71H2,1-3H3,(H,83,84)(H,85,86)/b19-16-,23-20-,26-25-,29-28-,32-31-. The Balaban J connectivity index is 4.31. The molecule has 0 radical (unpaired) electrons. The molecule has 0 aliphatic carbocycles. The summed E-state index contributed by atoms with van der Waals surface area (Å²) >= 11 is 0. The monoisotopic (exact) mass is 1380 g/mol. The Kier molecular flexibility index (Phi) is 69.0. The zero-order valence-corrected chi connectivity index (χ0v) is 62.4. The Morgan fingerprint density at radius 3 is 0.874 bits per heavy atom. The van der Waals surface area contributed by atoms with Gasteiger partial charge in [-0.05, 0) is 89.9 Å². The number of hydrogen-bond donors (Lipinski definition) is 4. The van der Waals surface area contributed by atoms with Crippen molar-refractivity contribution in [3.63, 3.8) is 0 Å². The zero-order chi connectivity index (χ0) is 69.5. The van der Waals surface area contributed by atoms with E-state index in [2.05, 4.69) is 81.5 Å². The number of phosphoric acid groups is 2. The number of aliphatic hydroxyl groups excluding tert-OH is 2. The number of phosphoric ester groups is 2. The van der Waals surface area contributed by atoms with E-state index in [1.54, 1.807) is 0 Å². The molecule has 0 spiro atoms. The number of ether oxygens (including phenoxy) is 3. The van der Waals surface area contributed by atoms with Crippen LogP contribution in [0.1, 0.15) is 355 Å². The Morgan fingerprint density at radius 1 is 0.295 bits per heavy atom. The number of allylic oxidation sites excluding steroid dienone is 10. The van der Waals surface area contributed by atoms with Gasteiger partial charge in [0, 0.05) is 19.3 Å². The van der Waals surface area contributed by atoms with Crippen molar-refractivity contribution in [3.8, 4) is 0 Å². The van der Waals surface area contributed by atoms with Gasteiger partial charge in [0.15, 0.2) is 6.10 Å². The minimum atomic E-state index is -4.92. The Morgan fingerprint density at radius 2 is 0.526 bits per heavy atom. The zero-order valence-electron chi connectivity index (χ0n) is 60.6. The second kappa shape index (κ2) is 71.1. The summed E-state index contributed by atoms with van der Waals surface area (Å²) in [7, 11) is -9.76. The molecule has 4 N–H and O–H groups in total. The molecular formula is C77H142O16P2. The second-order valence-corrected chi connectivity index (χ2v) is 29.1. The molecular weight excluding hydrogens is 1240 g/mol. The van der Waals surface area contributed by atoms with Crippen LogP contribution in [-0.2, 0) is 55.8 Å². The lowest BCUT2D eigenvalue weighted by Crippen LogP contribution is -2.30. The third-order valence-electron chi connectivity index (χ3n) is 16.7. The maximum atomic E-state index is 12.9. The molecule has 0 aliphatic heterocycles. The van der Waals surface area contributed by atoms with E-state index >= 15 is 0 Å². The summed E-state index contributed by atoms with van der Waals surface area (Å²) in [4.78, 5) is 58.4. The molecule has 16 nitrogen and oxygen atoms in total. The summed E-state index contributed by atoms with van der Waals surface area (Å²) in [5.74, 6) is -1.56. The van der Waals surface area contributed by atoms with Gasteiger partial charge in [0.05, 0.1) is 26.4 Å². The van der Waals surface area contributed by atoms with Crippen molar-refractivity contribution in [3.05, 3.63) is 60.8 Å². The molecule has 0 saturated carbocycles. The van der Waals surface area contributed by atoms with Crippen LogP contribution in [0.15, 0.2) is 60.8 Å². The predicted molar refractivity (Wildman–Crippen MR) is 390 cm³/mol. The fourth-order valence-electron chi connectivity index (χ4n) is 10.8. The molecule has 95 heavy (non-hydrogen) atoms. The molecule has 18 heteroatoms. The quantitative estimate of drug-likeness (QED) is 0.0146. The Bertz CT molecular complexity index is 1980. The van der Waals surface area contributed by atoms with E-state index in [0.717, 1.165) is 103 Å². The number of carbonyl (C=O) groups excluding carboxylic acids is 3. The van der Waals surface area contributed by atoms with Crippen LogP contribution in [0.4, 0.5) is 0 Å². The van der Waals surface area contributed by atoms with E-state index in [1.165, 1.54) is 193 Å². The van der Waals surface area contributed by atoms with Gasteiger partial charge in [-0.15, -0.1) is 0 Å². The lowest BCUT2D eigenvalue weighted by atomic mass is 10.0. The van der Waals surface area contributed by atoms with Gasteiger partial charge in [-0.1, -0.05) is 306 Å². The number of rotatable bonds is 74. The largest absolute Gasteiger partial charge is 0.472 e. The maximum absolute atomic E-state index is 12.9. The van der Waals surface area contributed by atoms with Crippen LogP contribution in [0, 0.1) is 0 Å². The summed E-state index contributed by atoms with van der Waals surface area (Å²) in [6.45, 7) is 2.67. The van der Waals surface area contributed by atoms with Crippen LogP contribution in [0.2, 0.25) is 0 Å². The number of hydrogen-bond acceptors (Lipinski definition) is 14. The average molecular weight is 1390 g/mol. The van der Waals surface area contributed by atoms with E-state index in [1.807, 2.05) is 0 Å². The number of aliphatic hydroxyl groups is 2. The minimum Gasteiger partial charge on any atom is -0.463 e. The first-order valence-electron chi connectivity index (χ1n) is 38.6. The van der Waals surface area contributed by atoms with Crippen LogP contribution >= 0.6 is 15.6 Å². The Labute approximate surface area is 580 Å². The third-order valence-corrected chi connectivity index (χ3v) is 18.6. The van der Waals surface area contributed by atoms with Gasteiger partial charge < -0.3 is 34.2 Å². The molecule has 0 heterocycles. The molecule has 0 saturated heterocycles. The molecule has 556 valence electrons. The summed E-state index contributed by atoms with van der Waals surface area (Å²) in [5.41, 5.74) is 0. The first-order valence-corrected chi connectivity index (χ1v) is 41.6. The van der Waals surface area contributed by atoms with Gasteiger partial charge in [0.1, 0.15) is 25.4 Å². The normalized spacial score (nSPS) is 14.4. The maximum Gasteiger partial charge on any atom is 0.472 e. The Hall–Kier alpha value is -2.75. The topological polar surface area (TPSA) is 231 Å². The van der Waals surface area contributed by atoms with Crippen LogP contribution in [-0.4, -0.2) is 95.9 Å². The molecule has 0 aromatic heterocycles. The summed E-state index contributed by atoms with van der Waals surface area (Å²) in [6.07, 6.45) is 75.8. The van der Waals surface area contributed by atoms with Crippen LogP contribution < -0.4 is 0 Å². The van der Waals surface area contributed by atoms with E-state index in [0.29, 0.717) is 19.3 Å². The van der Waals surface area contributed by atoms with E-state index in [9.17, 15) is 43.5 Å². The number of unbranched alkanes of at least 4 members (excludes halogenated alkanes) is 41. The SMILES string of the molecule is CCCCC/C=C\C/C=C\C/C=C\C/C=C\CCCCCCCCCCCCCCCCCCCC(=O)OCC(O)COP(=O)(O)OCC(O)COP(=O)(O)OCC(COC(=O)CCCCCCC/C=C\CCCCCC)OC(=O)CCCCCCCCCCCCCCC. The first kappa shape index (κ1) is 92.2. The minimum absolute atomic E-state index is 0.110. The van der Waals surface area contributed by atoms with Gasteiger partial charge >= 0.3 is 33.6 Å². The number of esters is 3. The highest BCUT2D eigenvalue weighted by molar-refractivity contribution is 7.47. The van der Waals surface area contributed by atoms with Crippen molar-refractivity contribution in [2.45, 2.75) is 373 Å². The predicted octanol–water partition coefficient (Wildman–Crippen LogP) is 22.1. The van der Waals surface area contributed by atoms with Crippen molar-refractivity contribution in [2.24, 2.45) is 0 Å². The first-order chi connectivity index (χ1) is 46.2. The van der Waals surface area contributed by atoms with Gasteiger partial charge in [0.25, 0.3) is 0 Å². The van der Waals surface area contributed by atoms with Crippen molar-refractivity contribution in [1.29, 1.82) is 0 Å². The second-order valence-electron chi connectivity index (χ2n) is 26.2. The molecule has 0 aromatic rings. The molecule has 5 atom stereocenters. The highest BCUT2D eigenvalue weighted by Gasteiger charge is 2.29. The van der Waals surface area contributed by atoms with Gasteiger partial charge in [-0.3, -0.25) is 32.5 Å². The van der Waals surface area contributed by atoms with Gasteiger partial charge in [-0.2, -0.15) is 0 Å². The summed E-state index contributed by atoms with van der Waals surface area (Å²) < 4.78 is 61.0. The van der Waals surface area contributed by atoms with Crippen molar-refractivity contribution >= 4 is 33.6 Å². The summed E-state index contributed by atoms with van der Waals surface area (Å²) in [6, 6.07) is 0. The highest BCUT2D eigenvalue weighted by atomic mass is 31.2. The van der Waals surface area contributed by atoms with Crippen molar-refractivity contribution in [2.75, 3.05) is 39.6 Å². The van der Waals surface area contributed by atoms with Gasteiger partial charge in [-0.25, -0.2) is 9.13 Å². The van der Waals surface area contributed by atoms with Crippen LogP contribution in [0.5, 0.6) is 0 Å². The lowest BCUT2D eigenvalue weighted by molar-refractivity contribution is -0.161. The van der Waals surface area contributed by atoms with E-state index in [-0.39, 0.29) is 19.3 Å². The summed E-state index contributed by atoms with van der Waals surface area (Å²) in [5, 5.41) is 20.6. The molecule has 0 fully saturated rings. The molecule has 0 amide bonds. The van der Waals surface area contributed by atoms with Crippen molar-refractivity contribution < 1.29 is 75.8 Å². The van der Waals surface area contributed by atoms with Gasteiger partial charge in [0.2, 0.25) is 0 Å². The highest BCUT2D eigenvalue weighted by Crippen LogP contribution is 2.45. The smallest absolute Gasteiger partial charge is 0.463 e. The van der Waals surface area contributed by atoms with Crippen LogP contribution in [0.25, 0.3) is 0 Å². The number of carbonyl (C=O) groups is 3. The fraction of sp³-hybridized carbons (Fsp3) is 0.831. The van der Waals surface area contributed by atoms with Crippen LogP contribution in [0.3, 0.4) is 0 Å². The molecule has 0 aliphatic rings. The molecule has 5 unspecified atom stereocenters.